The quantitative estimate of drug-likeness (QED) is 0.764. The Bertz CT molecular complexity index is 378. The number of aromatic amines is 1. The van der Waals surface area contributed by atoms with Crippen LogP contribution in [-0.2, 0) is 11.3 Å². The average Bonchev–Trinajstić information content (AvgIpc) is 2.93. The highest BCUT2D eigenvalue weighted by molar-refractivity contribution is 5.81. The van der Waals surface area contributed by atoms with E-state index in [1.54, 1.807) is 17.3 Å². The van der Waals surface area contributed by atoms with Gasteiger partial charge in [-0.25, -0.2) is 4.98 Å². The minimum atomic E-state index is -0.00237. The summed E-state index contributed by atoms with van der Waals surface area (Å²) in [6.07, 6.45) is 6.69. The smallest absolute Gasteiger partial charge is 0.226 e. The number of hydrogen-bond acceptors (Lipinski definition) is 3. The van der Waals surface area contributed by atoms with Crippen molar-refractivity contribution in [3.63, 3.8) is 0 Å². The van der Waals surface area contributed by atoms with E-state index < -0.39 is 0 Å². The maximum absolute atomic E-state index is 12.3. The van der Waals surface area contributed by atoms with Gasteiger partial charge in [-0.15, -0.1) is 0 Å². The van der Waals surface area contributed by atoms with E-state index in [-0.39, 0.29) is 18.4 Å². The fourth-order valence-corrected chi connectivity index (χ4v) is 2.43. The van der Waals surface area contributed by atoms with Gasteiger partial charge in [0.2, 0.25) is 5.91 Å². The molecule has 100 valence electrons. The highest BCUT2D eigenvalue weighted by Gasteiger charge is 2.43. The Morgan fingerprint density at radius 1 is 1.67 bits per heavy atom. The molecule has 2 atom stereocenters. The van der Waals surface area contributed by atoms with Gasteiger partial charge in [-0.05, 0) is 18.8 Å². The van der Waals surface area contributed by atoms with Gasteiger partial charge in [-0.2, -0.15) is 0 Å². The number of imidazole rings is 1. The Kier molecular flexibility index (Phi) is 4.36. The lowest BCUT2D eigenvalue weighted by Gasteiger charge is -2.20. The van der Waals surface area contributed by atoms with Crippen LogP contribution >= 0.6 is 0 Å². The highest BCUT2D eigenvalue weighted by atomic mass is 16.3. The van der Waals surface area contributed by atoms with Crippen molar-refractivity contribution in [1.29, 1.82) is 0 Å². The maximum Gasteiger partial charge on any atom is 0.226 e. The monoisotopic (exact) mass is 251 g/mol. The van der Waals surface area contributed by atoms with Gasteiger partial charge in [-0.1, -0.05) is 13.3 Å². The van der Waals surface area contributed by atoms with Gasteiger partial charge in [-0.3, -0.25) is 4.79 Å². The number of aliphatic hydroxyl groups is 1. The van der Waals surface area contributed by atoms with E-state index in [2.05, 4.69) is 16.9 Å². The van der Waals surface area contributed by atoms with E-state index >= 15 is 0 Å². The Balaban J connectivity index is 1.91. The summed E-state index contributed by atoms with van der Waals surface area (Å²) < 4.78 is 0. The third kappa shape index (κ3) is 3.10. The van der Waals surface area contributed by atoms with E-state index in [4.69, 9.17) is 5.11 Å². The van der Waals surface area contributed by atoms with Crippen molar-refractivity contribution in [2.75, 3.05) is 13.2 Å². The SMILES string of the molecule is CCC[C@H]1C[C@H]1C(=O)N(CCO)Cc1ncc[nH]1. The summed E-state index contributed by atoms with van der Waals surface area (Å²) in [5, 5.41) is 9.06. The van der Waals surface area contributed by atoms with Crippen molar-refractivity contribution >= 4 is 5.91 Å². The van der Waals surface area contributed by atoms with E-state index in [9.17, 15) is 4.79 Å². The zero-order chi connectivity index (χ0) is 13.0. The van der Waals surface area contributed by atoms with Gasteiger partial charge in [0.05, 0.1) is 13.2 Å². The number of carbonyl (C=O) groups excluding carboxylic acids is 1. The first kappa shape index (κ1) is 13.1. The van der Waals surface area contributed by atoms with Crippen molar-refractivity contribution < 1.29 is 9.90 Å². The molecule has 5 nitrogen and oxygen atoms in total. The number of nitrogens with one attached hydrogen (secondary N) is 1. The normalized spacial score (nSPS) is 21.9. The lowest BCUT2D eigenvalue weighted by Crippen LogP contribution is -2.35. The molecule has 0 bridgehead atoms. The van der Waals surface area contributed by atoms with E-state index in [0.717, 1.165) is 25.1 Å². The van der Waals surface area contributed by atoms with Crippen LogP contribution in [0.5, 0.6) is 0 Å². The first-order chi connectivity index (χ1) is 8.76. The molecule has 2 rings (SSSR count). The predicted molar refractivity (Wildman–Crippen MR) is 67.6 cm³/mol. The topological polar surface area (TPSA) is 69.2 Å². The second-order valence-corrected chi connectivity index (χ2v) is 4.91. The van der Waals surface area contributed by atoms with Crippen LogP contribution in [0.2, 0.25) is 0 Å². The molecule has 0 spiro atoms. The molecule has 0 saturated heterocycles. The molecule has 0 aliphatic heterocycles. The zero-order valence-corrected chi connectivity index (χ0v) is 10.8. The first-order valence-corrected chi connectivity index (χ1v) is 6.64. The molecule has 0 aromatic carbocycles. The Morgan fingerprint density at radius 2 is 2.50 bits per heavy atom. The van der Waals surface area contributed by atoms with Crippen LogP contribution in [0.3, 0.4) is 0 Å². The fourth-order valence-electron chi connectivity index (χ4n) is 2.43. The van der Waals surface area contributed by atoms with Crippen LogP contribution in [-0.4, -0.2) is 39.0 Å². The molecular weight excluding hydrogens is 230 g/mol. The minimum Gasteiger partial charge on any atom is -0.395 e. The molecule has 1 aliphatic rings. The largest absolute Gasteiger partial charge is 0.395 e. The van der Waals surface area contributed by atoms with Crippen LogP contribution in [0.15, 0.2) is 12.4 Å². The van der Waals surface area contributed by atoms with Gasteiger partial charge >= 0.3 is 0 Å². The molecule has 0 unspecified atom stereocenters. The molecule has 2 N–H and O–H groups in total. The van der Waals surface area contributed by atoms with E-state index in [0.29, 0.717) is 19.0 Å². The third-order valence-corrected chi connectivity index (χ3v) is 3.48. The van der Waals surface area contributed by atoms with E-state index in [1.807, 2.05) is 0 Å². The molecule has 1 aliphatic carbocycles. The van der Waals surface area contributed by atoms with Crippen LogP contribution in [0.1, 0.15) is 32.0 Å². The number of nitrogens with zero attached hydrogens (tertiary/aromatic N) is 2. The molecule has 1 aromatic heterocycles. The third-order valence-electron chi connectivity index (χ3n) is 3.48. The van der Waals surface area contributed by atoms with Gasteiger partial charge in [0.1, 0.15) is 5.82 Å². The van der Waals surface area contributed by atoms with Crippen molar-refractivity contribution in [2.24, 2.45) is 11.8 Å². The molecular formula is C13H21N3O2. The maximum atomic E-state index is 12.3. The Labute approximate surface area is 107 Å². The number of amides is 1. The molecule has 5 heteroatoms. The number of carbonyl (C=O) groups is 1. The van der Waals surface area contributed by atoms with Crippen LogP contribution in [0, 0.1) is 11.8 Å². The summed E-state index contributed by atoms with van der Waals surface area (Å²) in [5.74, 6) is 1.66. The number of aromatic nitrogens is 2. The predicted octanol–water partition coefficient (Wildman–Crippen LogP) is 1.17. The second kappa shape index (κ2) is 6.00. The Hall–Kier alpha value is -1.36. The lowest BCUT2D eigenvalue weighted by molar-refractivity contribution is -0.134. The average molecular weight is 251 g/mol. The standard InChI is InChI=1S/C13H21N3O2/c1-2-3-10-8-11(10)13(18)16(6-7-17)9-12-14-4-5-15-12/h4-5,10-11,17H,2-3,6-9H2,1H3,(H,14,15)/t10-,11+/m0/s1. The van der Waals surface area contributed by atoms with Gasteiger partial charge in [0.25, 0.3) is 0 Å². The fraction of sp³-hybridized carbons (Fsp3) is 0.692. The molecule has 1 fully saturated rings. The lowest BCUT2D eigenvalue weighted by atomic mass is 10.2. The van der Waals surface area contributed by atoms with Crippen molar-refractivity contribution in [3.05, 3.63) is 18.2 Å². The molecule has 1 heterocycles. The molecule has 1 amide bonds. The summed E-state index contributed by atoms with van der Waals surface area (Å²) in [7, 11) is 0. The molecule has 0 radical (unpaired) electrons. The summed E-state index contributed by atoms with van der Waals surface area (Å²) in [4.78, 5) is 21.1. The number of aliphatic hydroxyl groups excluding tert-OH is 1. The zero-order valence-electron chi connectivity index (χ0n) is 10.8. The van der Waals surface area contributed by atoms with Gasteiger partial charge in [0, 0.05) is 24.9 Å². The summed E-state index contributed by atoms with van der Waals surface area (Å²) in [6, 6.07) is 0. The Morgan fingerprint density at radius 3 is 3.11 bits per heavy atom. The number of H-pyrrole nitrogens is 1. The van der Waals surface area contributed by atoms with Gasteiger partial charge in [0.15, 0.2) is 0 Å². The van der Waals surface area contributed by atoms with Crippen molar-refractivity contribution in [2.45, 2.75) is 32.7 Å². The van der Waals surface area contributed by atoms with Crippen LogP contribution in [0.4, 0.5) is 0 Å². The molecule has 1 saturated carbocycles. The van der Waals surface area contributed by atoms with Gasteiger partial charge < -0.3 is 15.0 Å². The van der Waals surface area contributed by atoms with Crippen molar-refractivity contribution in [3.8, 4) is 0 Å². The van der Waals surface area contributed by atoms with E-state index in [1.165, 1.54) is 0 Å². The second-order valence-electron chi connectivity index (χ2n) is 4.91. The van der Waals surface area contributed by atoms with Crippen molar-refractivity contribution in [1.82, 2.24) is 14.9 Å². The molecule has 18 heavy (non-hydrogen) atoms. The summed E-state index contributed by atoms with van der Waals surface area (Å²) in [6.45, 7) is 2.99. The molecule has 1 aromatic rings. The number of rotatable bonds is 7. The number of hydrogen-bond donors (Lipinski definition) is 2. The highest BCUT2D eigenvalue weighted by Crippen LogP contribution is 2.43. The van der Waals surface area contributed by atoms with Crippen LogP contribution < -0.4 is 0 Å². The van der Waals surface area contributed by atoms with Crippen LogP contribution in [0.25, 0.3) is 0 Å². The first-order valence-electron chi connectivity index (χ1n) is 6.64. The summed E-state index contributed by atoms with van der Waals surface area (Å²) in [5.41, 5.74) is 0. The minimum absolute atomic E-state index is 0.00237. The summed E-state index contributed by atoms with van der Waals surface area (Å²) >= 11 is 0.